The number of hydrogen-bond donors (Lipinski definition) is 1. The molecule has 0 unspecified atom stereocenters. The van der Waals surface area contributed by atoms with Crippen molar-refractivity contribution in [1.82, 2.24) is 4.98 Å². The highest BCUT2D eigenvalue weighted by Gasteiger charge is 2.09. The molecule has 1 aromatic heterocycles. The Balaban J connectivity index is 2.47. The van der Waals surface area contributed by atoms with E-state index in [1.807, 2.05) is 0 Å². The first-order valence-electron chi connectivity index (χ1n) is 4.73. The van der Waals surface area contributed by atoms with E-state index in [0.717, 1.165) is 11.1 Å². The Morgan fingerprint density at radius 2 is 1.94 bits per heavy atom. The molecular weight excluding hydrogens is 261 g/mol. The number of carbonyl (C=O) groups is 1. The summed E-state index contributed by atoms with van der Waals surface area (Å²) in [7, 11) is 0. The second-order valence-corrected chi connectivity index (χ2v) is 4.12. The van der Waals surface area contributed by atoms with Crippen LogP contribution in [0.5, 0.6) is 0 Å². The smallest absolute Gasteiger partial charge is 0.354 e. The summed E-state index contributed by atoms with van der Waals surface area (Å²) < 4.78 is 0. The van der Waals surface area contributed by atoms with E-state index in [1.54, 1.807) is 24.3 Å². The lowest BCUT2D eigenvalue weighted by atomic mass is 10.1. The number of aromatic nitrogens is 1. The summed E-state index contributed by atoms with van der Waals surface area (Å²) in [6, 6.07) is 8.33. The molecule has 1 heterocycles. The number of benzene rings is 1. The number of nitrogens with zero attached hydrogens (tertiary/aromatic N) is 1. The summed E-state index contributed by atoms with van der Waals surface area (Å²) >= 11 is 12.0. The molecule has 0 aliphatic heterocycles. The molecule has 86 valence electrons. The van der Waals surface area contributed by atoms with Gasteiger partial charge in [0.1, 0.15) is 5.69 Å². The lowest BCUT2D eigenvalue weighted by Crippen LogP contribution is -1.99. The summed E-state index contributed by atoms with van der Waals surface area (Å²) in [6.45, 7) is 0. The molecule has 0 bridgehead atoms. The topological polar surface area (TPSA) is 50.2 Å². The standard InChI is InChI=1S/C12H7Cl2NO2/c13-9-3-1-2-8(11(9)14)7-4-5-10(12(16)17)15-6-7/h1-6H,(H,16,17). The van der Waals surface area contributed by atoms with Crippen LogP contribution in [0.15, 0.2) is 36.5 Å². The van der Waals surface area contributed by atoms with Crippen molar-refractivity contribution >= 4 is 29.2 Å². The van der Waals surface area contributed by atoms with Gasteiger partial charge in [0, 0.05) is 17.3 Å². The van der Waals surface area contributed by atoms with Gasteiger partial charge in [0.15, 0.2) is 0 Å². The van der Waals surface area contributed by atoms with E-state index >= 15 is 0 Å². The van der Waals surface area contributed by atoms with Gasteiger partial charge in [-0.05, 0) is 12.1 Å². The van der Waals surface area contributed by atoms with Crippen LogP contribution < -0.4 is 0 Å². The maximum absolute atomic E-state index is 10.7. The molecule has 2 aromatic rings. The van der Waals surface area contributed by atoms with Crippen molar-refractivity contribution in [1.29, 1.82) is 0 Å². The van der Waals surface area contributed by atoms with Crippen LogP contribution in [0.4, 0.5) is 0 Å². The number of carboxylic acid groups (broad SMARTS) is 1. The van der Waals surface area contributed by atoms with Crippen molar-refractivity contribution in [2.45, 2.75) is 0 Å². The quantitative estimate of drug-likeness (QED) is 0.902. The van der Waals surface area contributed by atoms with Crippen LogP contribution in [0.25, 0.3) is 11.1 Å². The van der Waals surface area contributed by atoms with Crippen LogP contribution in [0, 0.1) is 0 Å². The highest BCUT2D eigenvalue weighted by Crippen LogP contribution is 2.32. The molecule has 0 saturated heterocycles. The zero-order valence-corrected chi connectivity index (χ0v) is 10.0. The maximum Gasteiger partial charge on any atom is 0.354 e. The Hall–Kier alpha value is -1.58. The molecular formula is C12H7Cl2NO2. The maximum atomic E-state index is 10.7. The molecule has 5 heteroatoms. The van der Waals surface area contributed by atoms with Crippen LogP contribution in [0.3, 0.4) is 0 Å². The van der Waals surface area contributed by atoms with Crippen molar-refractivity contribution < 1.29 is 9.90 Å². The predicted octanol–water partition coefficient (Wildman–Crippen LogP) is 3.75. The lowest BCUT2D eigenvalue weighted by Gasteiger charge is -2.05. The molecule has 17 heavy (non-hydrogen) atoms. The molecule has 2 rings (SSSR count). The Bertz CT molecular complexity index is 567. The molecule has 0 radical (unpaired) electrons. The summed E-state index contributed by atoms with van der Waals surface area (Å²) in [5.41, 5.74) is 1.44. The SMILES string of the molecule is O=C(O)c1ccc(-c2cccc(Cl)c2Cl)cn1. The summed E-state index contributed by atoms with van der Waals surface area (Å²) in [5.74, 6) is -1.06. The largest absolute Gasteiger partial charge is 0.477 e. The van der Waals surface area contributed by atoms with Crippen molar-refractivity contribution in [3.05, 3.63) is 52.3 Å². The van der Waals surface area contributed by atoms with Crippen molar-refractivity contribution in [3.8, 4) is 11.1 Å². The minimum absolute atomic E-state index is 0.00750. The van der Waals surface area contributed by atoms with Gasteiger partial charge in [-0.2, -0.15) is 0 Å². The van der Waals surface area contributed by atoms with E-state index in [9.17, 15) is 4.79 Å². The zero-order chi connectivity index (χ0) is 12.4. The monoisotopic (exact) mass is 267 g/mol. The van der Waals surface area contributed by atoms with Crippen molar-refractivity contribution in [3.63, 3.8) is 0 Å². The Labute approximate surface area is 108 Å². The van der Waals surface area contributed by atoms with Crippen molar-refractivity contribution in [2.75, 3.05) is 0 Å². The fourth-order valence-corrected chi connectivity index (χ4v) is 1.82. The van der Waals surface area contributed by atoms with E-state index in [4.69, 9.17) is 28.3 Å². The highest BCUT2D eigenvalue weighted by molar-refractivity contribution is 6.43. The average Bonchev–Trinajstić information content (AvgIpc) is 2.33. The summed E-state index contributed by atoms with van der Waals surface area (Å²) in [6.07, 6.45) is 1.46. The van der Waals surface area contributed by atoms with E-state index in [-0.39, 0.29) is 5.69 Å². The van der Waals surface area contributed by atoms with Gasteiger partial charge in [-0.15, -0.1) is 0 Å². The van der Waals surface area contributed by atoms with Gasteiger partial charge < -0.3 is 5.11 Å². The molecule has 0 aliphatic rings. The molecule has 0 amide bonds. The van der Waals surface area contributed by atoms with Crippen LogP contribution in [-0.2, 0) is 0 Å². The van der Waals surface area contributed by atoms with Gasteiger partial charge in [0.05, 0.1) is 10.0 Å². The van der Waals surface area contributed by atoms with Gasteiger partial charge in [0.2, 0.25) is 0 Å². The number of rotatable bonds is 2. The average molecular weight is 268 g/mol. The molecule has 0 fully saturated rings. The number of pyridine rings is 1. The number of aromatic carboxylic acids is 1. The van der Waals surface area contributed by atoms with Crippen LogP contribution >= 0.6 is 23.2 Å². The zero-order valence-electron chi connectivity index (χ0n) is 8.52. The first-order chi connectivity index (χ1) is 8.09. The normalized spacial score (nSPS) is 10.2. The van der Waals surface area contributed by atoms with Gasteiger partial charge in [-0.1, -0.05) is 41.4 Å². The number of hydrogen-bond acceptors (Lipinski definition) is 2. The van der Waals surface area contributed by atoms with Crippen molar-refractivity contribution in [2.24, 2.45) is 0 Å². The Morgan fingerprint density at radius 1 is 1.18 bits per heavy atom. The number of halogens is 2. The molecule has 1 N–H and O–H groups in total. The molecule has 0 spiro atoms. The number of carboxylic acids is 1. The van der Waals surface area contributed by atoms with E-state index in [0.29, 0.717) is 10.0 Å². The summed E-state index contributed by atoms with van der Waals surface area (Å²) in [5, 5.41) is 9.62. The van der Waals surface area contributed by atoms with Gasteiger partial charge in [0.25, 0.3) is 0 Å². The first kappa shape index (κ1) is 11.9. The van der Waals surface area contributed by atoms with Gasteiger partial charge in [-0.25, -0.2) is 9.78 Å². The predicted molar refractivity (Wildman–Crippen MR) is 66.7 cm³/mol. The first-order valence-corrected chi connectivity index (χ1v) is 5.49. The molecule has 1 aromatic carbocycles. The fraction of sp³-hybridized carbons (Fsp3) is 0. The third-order valence-corrected chi connectivity index (χ3v) is 3.06. The molecule has 0 saturated carbocycles. The third-order valence-electron chi connectivity index (χ3n) is 2.25. The Morgan fingerprint density at radius 3 is 2.53 bits per heavy atom. The van der Waals surface area contributed by atoms with Crippen LogP contribution in [0.2, 0.25) is 10.0 Å². The summed E-state index contributed by atoms with van der Waals surface area (Å²) in [4.78, 5) is 14.5. The minimum atomic E-state index is -1.06. The molecule has 3 nitrogen and oxygen atoms in total. The molecule has 0 atom stereocenters. The van der Waals surface area contributed by atoms with Gasteiger partial charge >= 0.3 is 5.97 Å². The highest BCUT2D eigenvalue weighted by atomic mass is 35.5. The Kier molecular flexibility index (Phi) is 3.31. The second kappa shape index (κ2) is 4.73. The van der Waals surface area contributed by atoms with E-state index in [2.05, 4.69) is 4.98 Å². The molecule has 0 aliphatic carbocycles. The third kappa shape index (κ3) is 2.40. The lowest BCUT2D eigenvalue weighted by molar-refractivity contribution is 0.0690. The minimum Gasteiger partial charge on any atom is -0.477 e. The van der Waals surface area contributed by atoms with Crippen LogP contribution in [-0.4, -0.2) is 16.1 Å². The van der Waals surface area contributed by atoms with Gasteiger partial charge in [-0.3, -0.25) is 0 Å². The second-order valence-electron chi connectivity index (χ2n) is 3.34. The van der Waals surface area contributed by atoms with E-state index in [1.165, 1.54) is 12.3 Å². The van der Waals surface area contributed by atoms with Crippen LogP contribution in [0.1, 0.15) is 10.5 Å². The van der Waals surface area contributed by atoms with E-state index < -0.39 is 5.97 Å². The fourth-order valence-electron chi connectivity index (χ4n) is 1.41.